The Morgan fingerprint density at radius 3 is 2.50 bits per heavy atom. The van der Waals surface area contributed by atoms with Gasteiger partial charge in [-0.2, -0.15) is 0 Å². The van der Waals surface area contributed by atoms with Gasteiger partial charge in [0.1, 0.15) is 5.82 Å². The van der Waals surface area contributed by atoms with Gasteiger partial charge < -0.3 is 10.7 Å². The largest absolute Gasteiger partial charge is 0.353 e. The molecule has 38 heavy (non-hydrogen) atoms. The molecule has 4 aromatic rings. The van der Waals surface area contributed by atoms with Crippen LogP contribution in [0, 0.1) is 11.2 Å². The third kappa shape index (κ3) is 7.39. The van der Waals surface area contributed by atoms with Crippen molar-refractivity contribution < 1.29 is 12.8 Å². The third-order valence-electron chi connectivity index (χ3n) is 5.69. The number of rotatable bonds is 10. The van der Waals surface area contributed by atoms with Crippen LogP contribution in [0.2, 0.25) is 5.02 Å². The molecule has 0 saturated carbocycles. The summed E-state index contributed by atoms with van der Waals surface area (Å²) in [5.74, 6) is -0.277. The second kappa shape index (κ2) is 12.0. The van der Waals surface area contributed by atoms with Crippen LogP contribution in [0.5, 0.6) is 0 Å². The predicted octanol–water partition coefficient (Wildman–Crippen LogP) is 7.22. The van der Waals surface area contributed by atoms with Gasteiger partial charge >= 0.3 is 0 Å². The van der Waals surface area contributed by atoms with Gasteiger partial charge in [-0.25, -0.2) is 12.8 Å². The number of hydrogen-bond donors (Lipinski definition) is 2. The van der Waals surface area contributed by atoms with Gasteiger partial charge in [0.2, 0.25) is 0 Å². The molecule has 0 unspecified atom stereocenters. The summed E-state index contributed by atoms with van der Waals surface area (Å²) in [6.07, 6.45) is 2.96. The molecular formula is C29H27ClFN3O2S2. The maximum absolute atomic E-state index is 13.2. The van der Waals surface area contributed by atoms with E-state index in [2.05, 4.69) is 5.32 Å². The van der Waals surface area contributed by atoms with Crippen molar-refractivity contribution in [2.24, 2.45) is 0 Å². The predicted molar refractivity (Wildman–Crippen MR) is 156 cm³/mol. The van der Waals surface area contributed by atoms with E-state index in [4.69, 9.17) is 17.0 Å². The van der Waals surface area contributed by atoms with Crippen LogP contribution in [0.1, 0.15) is 10.4 Å². The molecule has 0 amide bonds. The Bertz CT molecular complexity index is 1580. The minimum atomic E-state index is -3.33. The number of halogens is 2. The van der Waals surface area contributed by atoms with Crippen LogP contribution in [0.25, 0.3) is 16.1 Å². The van der Waals surface area contributed by atoms with E-state index in [1.54, 1.807) is 42.5 Å². The molecule has 3 aromatic carbocycles. The number of hydrogen-bond acceptors (Lipinski definition) is 6. The van der Waals surface area contributed by atoms with Gasteiger partial charge in [-0.1, -0.05) is 48.0 Å². The van der Waals surface area contributed by atoms with Gasteiger partial charge in [0.15, 0.2) is 9.84 Å². The minimum absolute atomic E-state index is 0.265. The molecule has 0 aliphatic rings. The van der Waals surface area contributed by atoms with E-state index in [1.165, 1.54) is 29.7 Å². The van der Waals surface area contributed by atoms with Crippen LogP contribution >= 0.6 is 22.9 Å². The summed E-state index contributed by atoms with van der Waals surface area (Å²) in [4.78, 5) is 4.02. The molecule has 0 radical (unpaired) electrons. The van der Waals surface area contributed by atoms with E-state index in [0.29, 0.717) is 35.2 Å². The molecule has 0 aliphatic carbocycles. The monoisotopic (exact) mass is 567 g/mol. The molecule has 0 bridgehead atoms. The summed E-state index contributed by atoms with van der Waals surface area (Å²) in [6.45, 7) is 0.948. The minimum Gasteiger partial charge on any atom is -0.353 e. The standard InChI is InChI=1S/C29H27ClFN3O2S2/c1-34(18-20-10-12-22(31)13-11-20)19-23(32)17-27(33-26-9-4-3-8-25(26)30)29-15-14-28(37-29)21-6-5-7-24(16-21)38(2,35)36/h3-17,32-33H,18-19H2,1-2H3/b27-17-,32-23?. The molecule has 0 fully saturated rings. The fraction of sp³-hybridized carbons (Fsp3) is 0.138. The van der Waals surface area contributed by atoms with Gasteiger partial charge in [-0.05, 0) is 72.8 Å². The zero-order valence-corrected chi connectivity index (χ0v) is 23.3. The molecule has 2 N–H and O–H groups in total. The lowest BCUT2D eigenvalue weighted by Gasteiger charge is -2.17. The fourth-order valence-electron chi connectivity index (χ4n) is 3.86. The highest BCUT2D eigenvalue weighted by Crippen LogP contribution is 2.34. The summed E-state index contributed by atoms with van der Waals surface area (Å²) in [5, 5.41) is 12.6. The van der Waals surface area contributed by atoms with E-state index in [1.807, 2.05) is 48.3 Å². The van der Waals surface area contributed by atoms with Gasteiger partial charge in [-0.15, -0.1) is 11.3 Å². The lowest BCUT2D eigenvalue weighted by molar-refractivity contribution is 0.374. The van der Waals surface area contributed by atoms with Crippen molar-refractivity contribution in [2.75, 3.05) is 25.2 Å². The van der Waals surface area contributed by atoms with Crippen molar-refractivity contribution in [3.05, 3.63) is 112 Å². The van der Waals surface area contributed by atoms with Crippen molar-refractivity contribution in [3.8, 4) is 10.4 Å². The second-order valence-corrected chi connectivity index (χ2v) is 12.5. The summed E-state index contributed by atoms with van der Waals surface area (Å²) < 4.78 is 37.3. The molecule has 1 heterocycles. The number of nitrogens with zero attached hydrogens (tertiary/aromatic N) is 1. The molecule has 0 aliphatic heterocycles. The average molecular weight is 568 g/mol. The molecule has 1 aromatic heterocycles. The van der Waals surface area contributed by atoms with Crippen LogP contribution in [-0.2, 0) is 16.4 Å². The zero-order chi connectivity index (χ0) is 27.3. The number of anilines is 1. The van der Waals surface area contributed by atoms with Crippen molar-refractivity contribution >= 4 is 49.9 Å². The van der Waals surface area contributed by atoms with E-state index >= 15 is 0 Å². The van der Waals surface area contributed by atoms with Gasteiger partial charge in [0.05, 0.1) is 26.2 Å². The van der Waals surface area contributed by atoms with Gasteiger partial charge in [0.25, 0.3) is 0 Å². The Hall–Kier alpha value is -3.30. The van der Waals surface area contributed by atoms with Crippen LogP contribution in [-0.4, -0.2) is 38.9 Å². The van der Waals surface area contributed by atoms with Crippen LogP contribution in [0.3, 0.4) is 0 Å². The topological polar surface area (TPSA) is 73.3 Å². The molecule has 0 atom stereocenters. The zero-order valence-electron chi connectivity index (χ0n) is 20.9. The summed E-state index contributed by atoms with van der Waals surface area (Å²) in [6, 6.07) is 24.5. The lowest BCUT2D eigenvalue weighted by atomic mass is 10.2. The SMILES string of the molecule is CN(CC(=N)/C=C(\Nc1ccccc1Cl)c1ccc(-c2cccc(S(C)(=O)=O)c2)s1)Cc1ccc(F)cc1. The van der Waals surface area contributed by atoms with Crippen molar-refractivity contribution in [1.82, 2.24) is 4.90 Å². The summed E-state index contributed by atoms with van der Waals surface area (Å²) in [7, 11) is -1.42. The van der Waals surface area contributed by atoms with E-state index in [-0.39, 0.29) is 10.7 Å². The Morgan fingerprint density at radius 1 is 1.05 bits per heavy atom. The smallest absolute Gasteiger partial charge is 0.175 e. The second-order valence-electron chi connectivity index (χ2n) is 8.95. The lowest BCUT2D eigenvalue weighted by Crippen LogP contribution is -2.24. The first kappa shape index (κ1) is 27.7. The molecule has 9 heteroatoms. The molecular weight excluding hydrogens is 541 g/mol. The highest BCUT2D eigenvalue weighted by Gasteiger charge is 2.14. The molecule has 4 rings (SSSR count). The van der Waals surface area contributed by atoms with Crippen molar-refractivity contribution in [3.63, 3.8) is 0 Å². The number of nitrogens with one attached hydrogen (secondary N) is 2. The molecule has 196 valence electrons. The maximum Gasteiger partial charge on any atom is 0.175 e. The first-order chi connectivity index (χ1) is 18.1. The van der Waals surface area contributed by atoms with E-state index < -0.39 is 9.84 Å². The first-order valence-electron chi connectivity index (χ1n) is 11.7. The third-order valence-corrected chi connectivity index (χ3v) is 8.29. The maximum atomic E-state index is 13.2. The Kier molecular flexibility index (Phi) is 8.79. The fourth-order valence-corrected chi connectivity index (χ4v) is 5.69. The summed E-state index contributed by atoms with van der Waals surface area (Å²) >= 11 is 7.90. The van der Waals surface area contributed by atoms with Crippen LogP contribution in [0.4, 0.5) is 10.1 Å². The Balaban J connectivity index is 1.60. The Morgan fingerprint density at radius 2 is 1.79 bits per heavy atom. The van der Waals surface area contributed by atoms with Crippen molar-refractivity contribution in [1.29, 1.82) is 5.41 Å². The van der Waals surface area contributed by atoms with Crippen LogP contribution < -0.4 is 5.32 Å². The van der Waals surface area contributed by atoms with Crippen LogP contribution in [0.15, 0.2) is 95.9 Å². The Labute approximate surface area is 231 Å². The normalized spacial score (nSPS) is 12.1. The van der Waals surface area contributed by atoms with Gasteiger partial charge in [-0.3, -0.25) is 4.90 Å². The van der Waals surface area contributed by atoms with Gasteiger partial charge in [0, 0.05) is 29.9 Å². The first-order valence-corrected chi connectivity index (χ1v) is 14.8. The molecule has 0 spiro atoms. The average Bonchev–Trinajstić information content (AvgIpc) is 3.36. The summed E-state index contributed by atoms with van der Waals surface area (Å²) in [5.41, 5.74) is 3.54. The molecule has 0 saturated heterocycles. The highest BCUT2D eigenvalue weighted by atomic mass is 35.5. The highest BCUT2D eigenvalue weighted by molar-refractivity contribution is 7.90. The molecule has 5 nitrogen and oxygen atoms in total. The number of benzene rings is 3. The quantitative estimate of drug-likeness (QED) is 0.198. The number of para-hydroxylation sites is 1. The van der Waals surface area contributed by atoms with E-state index in [0.717, 1.165) is 20.9 Å². The number of sulfone groups is 1. The van der Waals surface area contributed by atoms with E-state index in [9.17, 15) is 12.8 Å². The van der Waals surface area contributed by atoms with Crippen molar-refractivity contribution in [2.45, 2.75) is 11.4 Å². The number of thiophene rings is 1.